The van der Waals surface area contributed by atoms with E-state index in [2.05, 4.69) is 22.7 Å². The van der Waals surface area contributed by atoms with Crippen LogP contribution in [0.15, 0.2) is 0 Å². The van der Waals surface area contributed by atoms with Crippen LogP contribution in [0.4, 0.5) is 11.5 Å². The summed E-state index contributed by atoms with van der Waals surface area (Å²) in [5.74, 6) is 1.55. The molecule has 104 valence electrons. The number of aromatic nitrogens is 2. The molecule has 1 saturated carbocycles. The van der Waals surface area contributed by atoms with Crippen LogP contribution in [0.5, 0.6) is 0 Å². The second-order valence-electron chi connectivity index (χ2n) is 5.63. The van der Waals surface area contributed by atoms with Crippen molar-refractivity contribution in [3.05, 3.63) is 5.69 Å². The number of anilines is 2. The zero-order valence-electron chi connectivity index (χ0n) is 11.7. The number of carbonyl (C=O) groups excluding carboxylic acids is 1. The van der Waals surface area contributed by atoms with Gasteiger partial charge in [-0.1, -0.05) is 19.3 Å². The van der Waals surface area contributed by atoms with Crippen LogP contribution in [0.3, 0.4) is 0 Å². The van der Waals surface area contributed by atoms with E-state index in [9.17, 15) is 4.79 Å². The van der Waals surface area contributed by atoms with Crippen LogP contribution < -0.4 is 10.6 Å². The highest BCUT2D eigenvalue weighted by Crippen LogP contribution is 2.35. The first-order valence-electron chi connectivity index (χ1n) is 7.35. The van der Waals surface area contributed by atoms with Crippen molar-refractivity contribution in [2.75, 3.05) is 10.6 Å². The van der Waals surface area contributed by atoms with E-state index in [0.717, 1.165) is 36.6 Å². The molecule has 2 aliphatic rings. The summed E-state index contributed by atoms with van der Waals surface area (Å²) < 4.78 is 1.94. The Hall–Kier alpha value is -1.52. The topological polar surface area (TPSA) is 59.0 Å². The summed E-state index contributed by atoms with van der Waals surface area (Å²) in [5, 5.41) is 11.0. The highest BCUT2D eigenvalue weighted by Gasteiger charge is 2.35. The van der Waals surface area contributed by atoms with Gasteiger partial charge in [-0.15, -0.1) is 0 Å². The van der Waals surface area contributed by atoms with Crippen LogP contribution in [-0.2, 0) is 11.3 Å². The number of nitrogens with zero attached hydrogens (tertiary/aromatic N) is 2. The molecule has 3 rings (SSSR count). The molecule has 5 heteroatoms. The van der Waals surface area contributed by atoms with E-state index in [1.54, 1.807) is 0 Å². The summed E-state index contributed by atoms with van der Waals surface area (Å²) in [6.07, 6.45) is 6.10. The fraction of sp³-hybridized carbons (Fsp3) is 0.714. The maximum Gasteiger partial charge on any atom is 0.247 e. The van der Waals surface area contributed by atoms with Crippen LogP contribution in [0.1, 0.15) is 44.7 Å². The molecule has 19 heavy (non-hydrogen) atoms. The molecular weight excluding hydrogens is 240 g/mol. The van der Waals surface area contributed by atoms with Gasteiger partial charge in [-0.3, -0.25) is 4.79 Å². The van der Waals surface area contributed by atoms with Crippen molar-refractivity contribution in [2.45, 2.75) is 58.5 Å². The Morgan fingerprint density at radius 3 is 2.74 bits per heavy atom. The van der Waals surface area contributed by atoms with Crippen molar-refractivity contribution in [3.63, 3.8) is 0 Å². The van der Waals surface area contributed by atoms with Crippen LogP contribution in [0.25, 0.3) is 0 Å². The Balaban J connectivity index is 1.87. The fourth-order valence-electron chi connectivity index (χ4n) is 3.32. The predicted molar refractivity (Wildman–Crippen MR) is 75.3 cm³/mol. The Morgan fingerprint density at radius 1 is 1.32 bits per heavy atom. The molecule has 2 heterocycles. The van der Waals surface area contributed by atoms with Crippen molar-refractivity contribution in [2.24, 2.45) is 5.92 Å². The number of rotatable bonds is 2. The smallest absolute Gasteiger partial charge is 0.247 e. The molecule has 1 aromatic rings. The van der Waals surface area contributed by atoms with Crippen LogP contribution in [-0.4, -0.2) is 21.7 Å². The van der Waals surface area contributed by atoms with Gasteiger partial charge in [0, 0.05) is 6.54 Å². The van der Waals surface area contributed by atoms with E-state index in [1.165, 1.54) is 19.3 Å². The van der Waals surface area contributed by atoms with Gasteiger partial charge in [0.05, 0.1) is 5.69 Å². The summed E-state index contributed by atoms with van der Waals surface area (Å²) in [4.78, 5) is 12.3. The fourth-order valence-corrected chi connectivity index (χ4v) is 3.32. The minimum absolute atomic E-state index is 0.0887. The lowest BCUT2D eigenvalue weighted by molar-refractivity contribution is -0.118. The van der Waals surface area contributed by atoms with E-state index in [-0.39, 0.29) is 11.9 Å². The first-order valence-corrected chi connectivity index (χ1v) is 7.35. The average molecular weight is 262 g/mol. The highest BCUT2D eigenvalue weighted by atomic mass is 16.2. The lowest BCUT2D eigenvalue weighted by Crippen LogP contribution is -2.45. The minimum Gasteiger partial charge on any atom is -0.357 e. The molecule has 1 unspecified atom stereocenters. The number of carbonyl (C=O) groups is 1. The standard InChI is InChI=1S/C14H22N4O/c1-3-18-13-11(9(2)17-18)16-14(19)12(15-13)10-7-5-4-6-8-10/h10,12,15H,3-8H2,1-2H3,(H,16,19). The molecule has 1 amide bonds. The zero-order valence-corrected chi connectivity index (χ0v) is 11.7. The maximum atomic E-state index is 12.3. The van der Waals surface area contributed by atoms with Crippen molar-refractivity contribution in [3.8, 4) is 0 Å². The van der Waals surface area contributed by atoms with Crippen molar-refractivity contribution < 1.29 is 4.79 Å². The summed E-state index contributed by atoms with van der Waals surface area (Å²) in [7, 11) is 0. The first kappa shape index (κ1) is 12.5. The number of amides is 1. The van der Waals surface area contributed by atoms with E-state index in [4.69, 9.17) is 0 Å². The van der Waals surface area contributed by atoms with Gasteiger partial charge in [-0.25, -0.2) is 4.68 Å². The van der Waals surface area contributed by atoms with Gasteiger partial charge in [0.15, 0.2) is 0 Å². The third kappa shape index (κ3) is 2.11. The van der Waals surface area contributed by atoms with Gasteiger partial charge in [-0.2, -0.15) is 5.10 Å². The lowest BCUT2D eigenvalue weighted by Gasteiger charge is -2.33. The van der Waals surface area contributed by atoms with E-state index < -0.39 is 0 Å². The molecule has 2 N–H and O–H groups in total. The van der Waals surface area contributed by atoms with E-state index in [0.29, 0.717) is 5.92 Å². The molecule has 1 fully saturated rings. The number of hydrogen-bond acceptors (Lipinski definition) is 3. The molecule has 0 aromatic carbocycles. The quantitative estimate of drug-likeness (QED) is 0.861. The normalized spacial score (nSPS) is 23.7. The SMILES string of the molecule is CCn1nc(C)c2c1NC(C1CCCCC1)C(=O)N2. The minimum atomic E-state index is -0.0887. The first-order chi connectivity index (χ1) is 9.20. The molecule has 0 radical (unpaired) electrons. The Bertz CT molecular complexity index is 488. The Labute approximate surface area is 113 Å². The summed E-state index contributed by atoms with van der Waals surface area (Å²) in [6.45, 7) is 4.82. The predicted octanol–water partition coefficient (Wildman–Crippen LogP) is 2.52. The molecule has 0 bridgehead atoms. The zero-order chi connectivity index (χ0) is 13.4. The van der Waals surface area contributed by atoms with Crippen molar-refractivity contribution in [1.29, 1.82) is 0 Å². The molecule has 1 aliphatic carbocycles. The molecule has 0 spiro atoms. The molecule has 1 aliphatic heterocycles. The third-order valence-electron chi connectivity index (χ3n) is 4.37. The summed E-state index contributed by atoms with van der Waals surface area (Å²) in [5.41, 5.74) is 1.75. The Kier molecular flexibility index (Phi) is 3.21. The van der Waals surface area contributed by atoms with Gasteiger partial charge in [0.1, 0.15) is 17.5 Å². The van der Waals surface area contributed by atoms with Gasteiger partial charge in [0.2, 0.25) is 5.91 Å². The van der Waals surface area contributed by atoms with Crippen molar-refractivity contribution in [1.82, 2.24) is 9.78 Å². The van der Waals surface area contributed by atoms with Crippen LogP contribution in [0.2, 0.25) is 0 Å². The number of aryl methyl sites for hydroxylation is 2. The van der Waals surface area contributed by atoms with E-state index in [1.807, 2.05) is 11.6 Å². The molecule has 5 nitrogen and oxygen atoms in total. The molecular formula is C14H22N4O. The van der Waals surface area contributed by atoms with Crippen LogP contribution >= 0.6 is 0 Å². The van der Waals surface area contributed by atoms with E-state index >= 15 is 0 Å². The second kappa shape index (κ2) is 4.87. The Morgan fingerprint density at radius 2 is 2.05 bits per heavy atom. The molecule has 1 atom stereocenters. The van der Waals surface area contributed by atoms with Gasteiger partial charge in [0.25, 0.3) is 0 Å². The molecule has 1 aromatic heterocycles. The lowest BCUT2D eigenvalue weighted by atomic mass is 9.83. The average Bonchev–Trinajstić information content (AvgIpc) is 2.75. The van der Waals surface area contributed by atoms with Gasteiger partial charge >= 0.3 is 0 Å². The van der Waals surface area contributed by atoms with Crippen molar-refractivity contribution >= 4 is 17.4 Å². The number of nitrogens with one attached hydrogen (secondary N) is 2. The van der Waals surface area contributed by atoms with Gasteiger partial charge < -0.3 is 10.6 Å². The summed E-state index contributed by atoms with van der Waals surface area (Å²) >= 11 is 0. The largest absolute Gasteiger partial charge is 0.357 e. The molecule has 0 saturated heterocycles. The number of fused-ring (bicyclic) bond motifs is 1. The second-order valence-corrected chi connectivity index (χ2v) is 5.63. The highest BCUT2D eigenvalue weighted by molar-refractivity contribution is 6.03. The third-order valence-corrected chi connectivity index (χ3v) is 4.37. The summed E-state index contributed by atoms with van der Waals surface area (Å²) in [6, 6.07) is -0.0887. The monoisotopic (exact) mass is 262 g/mol. The van der Waals surface area contributed by atoms with Gasteiger partial charge in [-0.05, 0) is 32.6 Å². The number of hydrogen-bond donors (Lipinski definition) is 2. The maximum absolute atomic E-state index is 12.3. The van der Waals surface area contributed by atoms with Crippen LogP contribution in [0, 0.1) is 12.8 Å².